The molecule has 82 valence electrons. The molecule has 0 aliphatic rings. The number of hydrogen-bond donors (Lipinski definition) is 1. The van der Waals surface area contributed by atoms with Crippen molar-refractivity contribution in [2.24, 2.45) is 0 Å². The van der Waals surface area contributed by atoms with Crippen molar-refractivity contribution in [3.63, 3.8) is 0 Å². The van der Waals surface area contributed by atoms with Gasteiger partial charge in [-0.25, -0.2) is 4.79 Å². The summed E-state index contributed by atoms with van der Waals surface area (Å²) in [6, 6.07) is 0.608. The van der Waals surface area contributed by atoms with Crippen LogP contribution < -0.4 is 0 Å². The van der Waals surface area contributed by atoms with Gasteiger partial charge in [0.1, 0.15) is 6.04 Å². The highest BCUT2D eigenvalue weighted by Gasteiger charge is 2.24. The normalized spacial score (nSPS) is 12.2. The number of amides is 1. The van der Waals surface area contributed by atoms with Gasteiger partial charge in [-0.2, -0.15) is 0 Å². The topological polar surface area (TPSA) is 70.8 Å². The largest absolute Gasteiger partial charge is 0.480 e. The molecule has 1 aromatic heterocycles. The Bertz CT molecular complexity index is 387. The number of carboxylic acid groups (broad SMARTS) is 1. The van der Waals surface area contributed by atoms with Gasteiger partial charge >= 0.3 is 5.97 Å². The van der Waals surface area contributed by atoms with Gasteiger partial charge in [-0.1, -0.05) is 0 Å². The quantitative estimate of drug-likeness (QED) is 0.910. The van der Waals surface area contributed by atoms with Crippen LogP contribution in [0.3, 0.4) is 0 Å². The average Bonchev–Trinajstić information content (AvgIpc) is 2.60. The SMILES string of the molecule is CC(C(=O)O)N(C)C(=O)c1ccoc1Br. The minimum Gasteiger partial charge on any atom is -0.480 e. The Kier molecular flexibility index (Phi) is 3.52. The standard InChI is InChI=1S/C9H10BrNO4/c1-5(9(13)14)11(2)8(12)6-3-4-15-7(6)10/h3-5H,1-2H3,(H,13,14). The summed E-state index contributed by atoms with van der Waals surface area (Å²) < 4.78 is 5.20. The minimum atomic E-state index is -1.05. The summed E-state index contributed by atoms with van der Waals surface area (Å²) in [6.45, 7) is 1.44. The summed E-state index contributed by atoms with van der Waals surface area (Å²) in [6.07, 6.45) is 1.36. The van der Waals surface area contributed by atoms with Crippen molar-refractivity contribution in [3.05, 3.63) is 22.6 Å². The molecule has 0 fully saturated rings. The van der Waals surface area contributed by atoms with E-state index in [0.29, 0.717) is 10.2 Å². The Hall–Kier alpha value is -1.30. The van der Waals surface area contributed by atoms with Crippen molar-refractivity contribution in [1.82, 2.24) is 4.90 Å². The molecular weight excluding hydrogens is 266 g/mol. The van der Waals surface area contributed by atoms with Crippen LogP contribution in [0, 0.1) is 0 Å². The molecule has 5 nitrogen and oxygen atoms in total. The van der Waals surface area contributed by atoms with Gasteiger partial charge < -0.3 is 14.4 Å². The van der Waals surface area contributed by atoms with Crippen LogP contribution in [0.4, 0.5) is 0 Å². The van der Waals surface area contributed by atoms with Crippen LogP contribution in [0.1, 0.15) is 17.3 Å². The van der Waals surface area contributed by atoms with E-state index < -0.39 is 17.9 Å². The van der Waals surface area contributed by atoms with Gasteiger partial charge in [0.15, 0.2) is 4.67 Å². The minimum absolute atomic E-state index is 0.303. The fraction of sp³-hybridized carbons (Fsp3) is 0.333. The molecular formula is C9H10BrNO4. The number of furan rings is 1. The zero-order chi connectivity index (χ0) is 11.6. The average molecular weight is 276 g/mol. The first-order valence-electron chi connectivity index (χ1n) is 4.18. The third kappa shape index (κ3) is 2.38. The molecule has 1 aromatic rings. The number of rotatable bonds is 3. The molecule has 0 aliphatic heterocycles. The van der Waals surface area contributed by atoms with E-state index in [4.69, 9.17) is 9.52 Å². The van der Waals surface area contributed by atoms with Gasteiger partial charge in [0, 0.05) is 7.05 Å². The highest BCUT2D eigenvalue weighted by molar-refractivity contribution is 9.10. The van der Waals surface area contributed by atoms with E-state index in [9.17, 15) is 9.59 Å². The Labute approximate surface area is 94.8 Å². The first kappa shape index (κ1) is 11.8. The van der Waals surface area contributed by atoms with Gasteiger partial charge in [-0.3, -0.25) is 4.79 Å². The molecule has 0 spiro atoms. The molecule has 0 aliphatic carbocycles. The second-order valence-corrected chi connectivity index (χ2v) is 3.76. The van der Waals surface area contributed by atoms with Crippen LogP contribution in [0.15, 0.2) is 21.4 Å². The molecule has 0 radical (unpaired) electrons. The van der Waals surface area contributed by atoms with E-state index in [2.05, 4.69) is 15.9 Å². The Morgan fingerprint density at radius 2 is 2.20 bits per heavy atom. The third-order valence-corrected chi connectivity index (χ3v) is 2.72. The lowest BCUT2D eigenvalue weighted by Gasteiger charge is -2.20. The zero-order valence-electron chi connectivity index (χ0n) is 8.23. The predicted molar refractivity (Wildman–Crippen MR) is 55.6 cm³/mol. The molecule has 6 heteroatoms. The molecule has 1 atom stereocenters. The van der Waals surface area contributed by atoms with E-state index >= 15 is 0 Å². The van der Waals surface area contributed by atoms with Crippen molar-refractivity contribution in [2.45, 2.75) is 13.0 Å². The lowest BCUT2D eigenvalue weighted by Crippen LogP contribution is -2.40. The first-order chi connectivity index (χ1) is 6.95. The van der Waals surface area contributed by atoms with Gasteiger partial charge in [0.25, 0.3) is 5.91 Å². The summed E-state index contributed by atoms with van der Waals surface area (Å²) in [5.41, 5.74) is 0.311. The second kappa shape index (κ2) is 4.48. The number of carbonyl (C=O) groups is 2. The van der Waals surface area contributed by atoms with Crippen molar-refractivity contribution in [2.75, 3.05) is 7.05 Å². The lowest BCUT2D eigenvalue weighted by molar-refractivity contribution is -0.141. The summed E-state index contributed by atoms with van der Waals surface area (Å²) in [5, 5.41) is 8.74. The lowest BCUT2D eigenvalue weighted by atomic mass is 10.2. The van der Waals surface area contributed by atoms with E-state index in [1.165, 1.54) is 26.3 Å². The number of aliphatic carboxylic acids is 1. The number of likely N-dealkylation sites (N-methyl/N-ethyl adjacent to an activating group) is 1. The third-order valence-electron chi connectivity index (χ3n) is 2.11. The summed E-state index contributed by atoms with van der Waals surface area (Å²) in [5.74, 6) is -1.45. The fourth-order valence-corrected chi connectivity index (χ4v) is 1.39. The number of carboxylic acids is 1. The number of carbonyl (C=O) groups excluding carboxylic acids is 1. The van der Waals surface area contributed by atoms with Crippen LogP contribution in [0.2, 0.25) is 0 Å². The number of hydrogen-bond acceptors (Lipinski definition) is 3. The maximum absolute atomic E-state index is 11.7. The molecule has 0 saturated heterocycles. The van der Waals surface area contributed by atoms with Crippen LogP contribution >= 0.6 is 15.9 Å². The van der Waals surface area contributed by atoms with E-state index in [1.807, 2.05) is 0 Å². The maximum atomic E-state index is 11.7. The van der Waals surface area contributed by atoms with E-state index in [1.54, 1.807) is 0 Å². The fourth-order valence-electron chi connectivity index (χ4n) is 0.978. The van der Waals surface area contributed by atoms with Crippen molar-refractivity contribution in [1.29, 1.82) is 0 Å². The summed E-state index contributed by atoms with van der Waals surface area (Å²) >= 11 is 3.06. The summed E-state index contributed by atoms with van der Waals surface area (Å²) in [7, 11) is 1.43. The first-order valence-corrected chi connectivity index (χ1v) is 4.97. The van der Waals surface area contributed by atoms with Crippen LogP contribution in [-0.2, 0) is 4.79 Å². The summed E-state index contributed by atoms with van der Waals surface area (Å²) in [4.78, 5) is 23.6. The molecule has 1 N–H and O–H groups in total. The Balaban J connectivity index is 2.86. The van der Waals surface area contributed by atoms with Crippen LogP contribution in [-0.4, -0.2) is 35.0 Å². The monoisotopic (exact) mass is 275 g/mol. The van der Waals surface area contributed by atoms with Crippen molar-refractivity contribution < 1.29 is 19.1 Å². The molecule has 15 heavy (non-hydrogen) atoms. The van der Waals surface area contributed by atoms with Crippen molar-refractivity contribution in [3.8, 4) is 0 Å². The molecule has 1 heterocycles. The predicted octanol–water partition coefficient (Wildman–Crippen LogP) is 1.59. The Morgan fingerprint density at radius 1 is 1.60 bits per heavy atom. The number of nitrogens with zero attached hydrogens (tertiary/aromatic N) is 1. The Morgan fingerprint density at radius 3 is 2.60 bits per heavy atom. The molecule has 1 unspecified atom stereocenters. The van der Waals surface area contributed by atoms with Gasteiger partial charge in [0.05, 0.1) is 11.8 Å². The molecule has 0 aromatic carbocycles. The van der Waals surface area contributed by atoms with Gasteiger partial charge in [0.2, 0.25) is 0 Å². The molecule has 0 saturated carbocycles. The smallest absolute Gasteiger partial charge is 0.326 e. The highest BCUT2D eigenvalue weighted by atomic mass is 79.9. The maximum Gasteiger partial charge on any atom is 0.326 e. The van der Waals surface area contributed by atoms with E-state index in [0.717, 1.165) is 4.90 Å². The second-order valence-electron chi connectivity index (χ2n) is 3.04. The van der Waals surface area contributed by atoms with Gasteiger partial charge in [-0.05, 0) is 28.9 Å². The number of halogens is 1. The van der Waals surface area contributed by atoms with Crippen LogP contribution in [0.5, 0.6) is 0 Å². The molecule has 1 rings (SSSR count). The molecule has 0 bridgehead atoms. The van der Waals surface area contributed by atoms with Crippen molar-refractivity contribution >= 4 is 27.8 Å². The molecule has 1 amide bonds. The van der Waals surface area contributed by atoms with E-state index in [-0.39, 0.29) is 0 Å². The van der Waals surface area contributed by atoms with Crippen LogP contribution in [0.25, 0.3) is 0 Å². The highest BCUT2D eigenvalue weighted by Crippen LogP contribution is 2.19. The zero-order valence-corrected chi connectivity index (χ0v) is 9.82. The van der Waals surface area contributed by atoms with Gasteiger partial charge in [-0.15, -0.1) is 0 Å².